The maximum absolute atomic E-state index is 15.8. The van der Waals surface area contributed by atoms with Crippen molar-refractivity contribution >= 4 is 46.6 Å². The lowest BCUT2D eigenvalue weighted by Gasteiger charge is -2.44. The van der Waals surface area contributed by atoms with Crippen LogP contribution in [0.5, 0.6) is 0 Å². The Labute approximate surface area is 256 Å². The Morgan fingerprint density at radius 3 is 2.41 bits per heavy atom. The number of nitrogens with zero attached hydrogens (tertiary/aromatic N) is 4. The standard InChI is InChI=1S/C30H34F4N6O3S/c1-16-13-40(14-17(2)39(16)3)25-11-22(31)19(24-15-44-29(38-24)28(43)36-18-7-5-4-6-8-18)9-23(25)37-27(42)20-12-35-26(41)10-21(20)30(32,33)34/h9-12,15-18,20H,4-8,13-14H2,1-3H3,(H,36,43)(H,37,42)/t16-,17+,20?. The molecule has 9 nitrogen and oxygen atoms in total. The topological polar surface area (TPSA) is 107 Å². The molecule has 1 saturated heterocycles. The molecule has 236 valence electrons. The highest BCUT2D eigenvalue weighted by Gasteiger charge is 2.43. The van der Waals surface area contributed by atoms with Crippen molar-refractivity contribution in [3.63, 3.8) is 0 Å². The number of amides is 3. The van der Waals surface area contributed by atoms with Gasteiger partial charge in [0.05, 0.1) is 22.6 Å². The van der Waals surface area contributed by atoms with Gasteiger partial charge in [0.15, 0.2) is 5.01 Å². The molecule has 14 heteroatoms. The summed E-state index contributed by atoms with van der Waals surface area (Å²) in [4.78, 5) is 49.6. The fraction of sp³-hybridized carbons (Fsp3) is 0.500. The number of carbonyl (C=O) groups is 3. The van der Waals surface area contributed by atoms with Gasteiger partial charge < -0.3 is 15.5 Å². The molecule has 3 aliphatic rings. The van der Waals surface area contributed by atoms with Crippen LogP contribution in [-0.4, -0.2) is 78.3 Å². The monoisotopic (exact) mass is 634 g/mol. The Hall–Kier alpha value is -3.65. The number of halogens is 4. The van der Waals surface area contributed by atoms with E-state index in [1.807, 2.05) is 25.8 Å². The number of benzene rings is 1. The number of thiazole rings is 1. The van der Waals surface area contributed by atoms with E-state index in [2.05, 4.69) is 25.5 Å². The molecule has 1 saturated carbocycles. The van der Waals surface area contributed by atoms with Crippen LogP contribution >= 0.6 is 11.3 Å². The number of dihydropyridines is 1. The highest BCUT2D eigenvalue weighted by molar-refractivity contribution is 7.12. The Kier molecular flexibility index (Phi) is 9.21. The predicted octanol–water partition coefficient (Wildman–Crippen LogP) is 5.19. The van der Waals surface area contributed by atoms with Crippen LogP contribution in [0.15, 0.2) is 34.2 Å². The molecular formula is C30H34F4N6O3S. The molecule has 2 N–H and O–H groups in total. The lowest BCUT2D eigenvalue weighted by molar-refractivity contribution is -0.124. The summed E-state index contributed by atoms with van der Waals surface area (Å²) in [6.45, 7) is 4.93. The molecule has 44 heavy (non-hydrogen) atoms. The quantitative estimate of drug-likeness (QED) is 0.424. The molecule has 0 bridgehead atoms. The first-order valence-electron chi connectivity index (χ1n) is 14.6. The lowest BCUT2D eigenvalue weighted by Crippen LogP contribution is -2.55. The summed E-state index contributed by atoms with van der Waals surface area (Å²) in [6, 6.07) is 2.74. The van der Waals surface area contributed by atoms with Crippen LogP contribution in [0.3, 0.4) is 0 Å². The Morgan fingerprint density at radius 2 is 1.75 bits per heavy atom. The van der Waals surface area contributed by atoms with Gasteiger partial charge >= 0.3 is 6.18 Å². The molecule has 0 radical (unpaired) electrons. The number of carbonyl (C=O) groups excluding carboxylic acids is 3. The average Bonchev–Trinajstić information content (AvgIpc) is 3.47. The normalized spacial score (nSPS) is 23.4. The molecule has 0 spiro atoms. The number of piperazine rings is 1. The van der Waals surface area contributed by atoms with Crippen LogP contribution in [0.2, 0.25) is 0 Å². The second-order valence-electron chi connectivity index (χ2n) is 11.6. The summed E-state index contributed by atoms with van der Waals surface area (Å²) in [6.07, 6.45) is 1.01. The maximum atomic E-state index is 15.8. The van der Waals surface area contributed by atoms with Gasteiger partial charge in [0, 0.05) is 54.4 Å². The molecule has 2 fully saturated rings. The highest BCUT2D eigenvalue weighted by atomic mass is 32.1. The van der Waals surface area contributed by atoms with Crippen LogP contribution in [-0.2, 0) is 9.59 Å². The third kappa shape index (κ3) is 6.85. The molecule has 1 aromatic heterocycles. The van der Waals surface area contributed by atoms with Gasteiger partial charge in [-0.05, 0) is 45.9 Å². The fourth-order valence-corrected chi connectivity index (χ4v) is 6.60. The number of hydrogen-bond acceptors (Lipinski definition) is 7. The number of aliphatic imine (C=N–C) groups is 1. The van der Waals surface area contributed by atoms with E-state index in [0.717, 1.165) is 43.4 Å². The number of aromatic nitrogens is 1. The van der Waals surface area contributed by atoms with Gasteiger partial charge in [-0.25, -0.2) is 14.4 Å². The van der Waals surface area contributed by atoms with E-state index in [0.29, 0.717) is 31.1 Å². The number of alkyl halides is 3. The van der Waals surface area contributed by atoms with E-state index in [1.54, 1.807) is 0 Å². The summed E-state index contributed by atoms with van der Waals surface area (Å²) in [5.41, 5.74) is -0.842. The van der Waals surface area contributed by atoms with Gasteiger partial charge in [0.2, 0.25) is 5.91 Å². The van der Waals surface area contributed by atoms with Gasteiger partial charge in [-0.15, -0.1) is 11.3 Å². The van der Waals surface area contributed by atoms with E-state index < -0.39 is 35.3 Å². The lowest BCUT2D eigenvalue weighted by atomic mass is 9.95. The molecule has 1 unspecified atom stereocenters. The summed E-state index contributed by atoms with van der Waals surface area (Å²) < 4.78 is 57.0. The Balaban J connectivity index is 1.48. The van der Waals surface area contributed by atoms with Gasteiger partial charge in [-0.2, -0.15) is 13.2 Å². The molecule has 1 aromatic carbocycles. The first-order valence-corrected chi connectivity index (χ1v) is 15.4. The maximum Gasteiger partial charge on any atom is 0.414 e. The molecule has 3 heterocycles. The van der Waals surface area contributed by atoms with Crippen molar-refractivity contribution in [2.75, 3.05) is 30.4 Å². The minimum absolute atomic E-state index is 0.0219. The van der Waals surface area contributed by atoms with Crippen molar-refractivity contribution in [3.8, 4) is 11.3 Å². The zero-order chi connectivity index (χ0) is 31.8. The molecule has 3 amide bonds. The first-order chi connectivity index (χ1) is 20.8. The number of hydrogen-bond donors (Lipinski definition) is 2. The van der Waals surface area contributed by atoms with Crippen LogP contribution in [0.25, 0.3) is 11.3 Å². The van der Waals surface area contributed by atoms with E-state index in [1.165, 1.54) is 17.5 Å². The number of nitrogens with one attached hydrogen (secondary N) is 2. The summed E-state index contributed by atoms with van der Waals surface area (Å²) in [5.74, 6) is -5.09. The van der Waals surface area contributed by atoms with E-state index in [9.17, 15) is 27.6 Å². The number of anilines is 2. The molecule has 2 aromatic rings. The molecule has 1 aliphatic carbocycles. The molecular weight excluding hydrogens is 600 g/mol. The van der Waals surface area contributed by atoms with Gasteiger partial charge in [-0.1, -0.05) is 19.3 Å². The molecule has 5 rings (SSSR count). The third-order valence-corrected chi connectivity index (χ3v) is 9.37. The number of rotatable bonds is 6. The second kappa shape index (κ2) is 12.8. The van der Waals surface area contributed by atoms with Gasteiger partial charge in [-0.3, -0.25) is 19.3 Å². The SMILES string of the molecule is C[C@@H]1CN(c2cc(F)c(-c3csc(C(=O)NC4CCCCC4)n3)cc2NC(=O)C2C=NC(=O)C=C2C(F)(F)F)C[C@H](C)N1C. The average molecular weight is 635 g/mol. The third-order valence-electron chi connectivity index (χ3n) is 8.53. The van der Waals surface area contributed by atoms with Crippen LogP contribution in [0, 0.1) is 11.7 Å². The Bertz CT molecular complexity index is 1490. The predicted molar refractivity (Wildman–Crippen MR) is 161 cm³/mol. The van der Waals surface area contributed by atoms with Crippen molar-refractivity contribution in [2.24, 2.45) is 10.9 Å². The number of likely N-dealkylation sites (N-methyl/N-ethyl adjacent to an activating group) is 1. The minimum Gasteiger partial charge on any atom is -0.367 e. The van der Waals surface area contributed by atoms with Gasteiger partial charge in [0.1, 0.15) is 11.7 Å². The Morgan fingerprint density at radius 1 is 1.07 bits per heavy atom. The molecule has 2 aliphatic heterocycles. The second-order valence-corrected chi connectivity index (χ2v) is 12.5. The van der Waals surface area contributed by atoms with E-state index in [-0.39, 0.29) is 46.0 Å². The van der Waals surface area contributed by atoms with Crippen molar-refractivity contribution in [1.82, 2.24) is 15.2 Å². The van der Waals surface area contributed by atoms with Crippen molar-refractivity contribution < 1.29 is 31.9 Å². The van der Waals surface area contributed by atoms with Crippen LogP contribution in [0.4, 0.5) is 28.9 Å². The van der Waals surface area contributed by atoms with E-state index in [4.69, 9.17) is 0 Å². The van der Waals surface area contributed by atoms with E-state index >= 15 is 4.39 Å². The summed E-state index contributed by atoms with van der Waals surface area (Å²) >= 11 is 1.05. The van der Waals surface area contributed by atoms with Gasteiger partial charge in [0.25, 0.3) is 11.8 Å². The largest absolute Gasteiger partial charge is 0.414 e. The fourth-order valence-electron chi connectivity index (χ4n) is 5.88. The zero-order valence-electron chi connectivity index (χ0n) is 24.6. The zero-order valence-corrected chi connectivity index (χ0v) is 25.4. The van der Waals surface area contributed by atoms with Crippen molar-refractivity contribution in [1.29, 1.82) is 0 Å². The minimum atomic E-state index is -4.95. The summed E-state index contributed by atoms with van der Waals surface area (Å²) in [7, 11) is 1.97. The molecule has 3 atom stereocenters. The highest BCUT2D eigenvalue weighted by Crippen LogP contribution is 2.38. The summed E-state index contributed by atoms with van der Waals surface area (Å²) in [5, 5.41) is 7.22. The van der Waals surface area contributed by atoms with Crippen molar-refractivity contribution in [3.05, 3.63) is 40.0 Å². The smallest absolute Gasteiger partial charge is 0.367 e. The van der Waals surface area contributed by atoms with Crippen molar-refractivity contribution in [2.45, 2.75) is 70.3 Å². The van der Waals surface area contributed by atoms with Crippen LogP contribution in [0.1, 0.15) is 55.8 Å². The first kappa shape index (κ1) is 31.8. The van der Waals surface area contributed by atoms with Crippen LogP contribution < -0.4 is 15.5 Å².